The number of aromatic amines is 1. The normalized spacial score (nSPS) is 21.9. The summed E-state index contributed by atoms with van der Waals surface area (Å²) in [4.78, 5) is 17.1. The number of pyridine rings is 1. The molecule has 1 saturated heterocycles. The summed E-state index contributed by atoms with van der Waals surface area (Å²) >= 11 is 0. The smallest absolute Gasteiger partial charge is 0.252 e. The first-order valence-corrected chi connectivity index (χ1v) is 6.60. The summed E-state index contributed by atoms with van der Waals surface area (Å²) in [5.41, 5.74) is 1.01. The van der Waals surface area contributed by atoms with E-state index in [2.05, 4.69) is 23.7 Å². The Bertz CT molecular complexity index is 411. The van der Waals surface area contributed by atoms with E-state index in [1.54, 1.807) is 6.20 Å². The van der Waals surface area contributed by atoms with Crippen molar-refractivity contribution in [1.82, 2.24) is 9.88 Å². The molecule has 1 fully saturated rings. The van der Waals surface area contributed by atoms with E-state index in [1.807, 2.05) is 12.1 Å². The Balaban J connectivity index is 2.22. The van der Waals surface area contributed by atoms with Crippen LogP contribution < -0.4 is 5.56 Å². The standard InChI is InChI=1S/C14H22N2O/c1-11(2)10-16-9-4-3-7-13(16)12-6-5-8-15-14(12)17/h5-6,8,11,13H,3-4,7,9-10H2,1-2H3,(H,15,17)/t13-/m1/s1. The predicted octanol–water partition coefficient (Wildman–Crippen LogP) is 2.56. The Morgan fingerprint density at radius 2 is 2.29 bits per heavy atom. The lowest BCUT2D eigenvalue weighted by molar-refractivity contribution is 0.131. The fourth-order valence-electron chi connectivity index (χ4n) is 2.73. The van der Waals surface area contributed by atoms with Gasteiger partial charge in [0.2, 0.25) is 0 Å². The van der Waals surface area contributed by atoms with Gasteiger partial charge in [0.05, 0.1) is 0 Å². The Hall–Kier alpha value is -1.09. The molecule has 0 aliphatic carbocycles. The van der Waals surface area contributed by atoms with Crippen LogP contribution in [0.3, 0.4) is 0 Å². The first-order valence-electron chi connectivity index (χ1n) is 6.60. The van der Waals surface area contributed by atoms with Gasteiger partial charge in [-0.2, -0.15) is 0 Å². The highest BCUT2D eigenvalue weighted by Crippen LogP contribution is 2.29. The number of H-pyrrole nitrogens is 1. The van der Waals surface area contributed by atoms with Crippen molar-refractivity contribution in [3.8, 4) is 0 Å². The Labute approximate surface area is 103 Å². The molecule has 2 heterocycles. The number of hydrogen-bond donors (Lipinski definition) is 1. The minimum absolute atomic E-state index is 0.0770. The molecule has 0 bridgehead atoms. The first-order chi connectivity index (χ1) is 8.18. The summed E-state index contributed by atoms with van der Waals surface area (Å²) in [6, 6.07) is 4.22. The number of nitrogens with zero attached hydrogens (tertiary/aromatic N) is 1. The summed E-state index contributed by atoms with van der Waals surface area (Å²) in [7, 11) is 0. The van der Waals surface area contributed by atoms with Gasteiger partial charge >= 0.3 is 0 Å². The highest BCUT2D eigenvalue weighted by Gasteiger charge is 2.25. The molecule has 0 amide bonds. The van der Waals surface area contributed by atoms with E-state index in [0.717, 1.165) is 25.1 Å². The molecule has 1 atom stereocenters. The zero-order valence-corrected chi connectivity index (χ0v) is 10.8. The molecule has 3 heteroatoms. The lowest BCUT2D eigenvalue weighted by atomic mass is 9.95. The maximum absolute atomic E-state index is 11.9. The van der Waals surface area contributed by atoms with Crippen molar-refractivity contribution in [2.75, 3.05) is 13.1 Å². The second-order valence-electron chi connectivity index (χ2n) is 5.35. The molecule has 17 heavy (non-hydrogen) atoms. The first kappa shape index (κ1) is 12.4. The van der Waals surface area contributed by atoms with E-state index >= 15 is 0 Å². The summed E-state index contributed by atoms with van der Waals surface area (Å²) in [5.74, 6) is 0.651. The lowest BCUT2D eigenvalue weighted by Gasteiger charge is -2.36. The predicted molar refractivity (Wildman–Crippen MR) is 70.1 cm³/mol. The second kappa shape index (κ2) is 5.50. The molecule has 3 nitrogen and oxygen atoms in total. The summed E-state index contributed by atoms with van der Waals surface area (Å²) in [6.07, 6.45) is 5.31. The van der Waals surface area contributed by atoms with Crippen LogP contribution in [0.15, 0.2) is 23.1 Å². The molecule has 1 aromatic rings. The van der Waals surface area contributed by atoms with Crippen molar-refractivity contribution in [1.29, 1.82) is 0 Å². The van der Waals surface area contributed by atoms with Crippen molar-refractivity contribution in [3.05, 3.63) is 34.2 Å². The number of nitrogens with one attached hydrogen (secondary N) is 1. The van der Waals surface area contributed by atoms with Crippen LogP contribution in [0, 0.1) is 5.92 Å². The summed E-state index contributed by atoms with van der Waals surface area (Å²) in [6.45, 7) is 6.68. The number of piperidine rings is 1. The number of likely N-dealkylation sites (tertiary alicyclic amines) is 1. The molecule has 1 aromatic heterocycles. The fourth-order valence-corrected chi connectivity index (χ4v) is 2.73. The topological polar surface area (TPSA) is 36.1 Å². The van der Waals surface area contributed by atoms with E-state index in [4.69, 9.17) is 0 Å². The lowest BCUT2D eigenvalue weighted by Crippen LogP contribution is -2.38. The molecular weight excluding hydrogens is 212 g/mol. The average Bonchev–Trinajstić information content (AvgIpc) is 2.30. The highest BCUT2D eigenvalue weighted by molar-refractivity contribution is 5.15. The van der Waals surface area contributed by atoms with Crippen molar-refractivity contribution < 1.29 is 0 Å². The average molecular weight is 234 g/mol. The van der Waals surface area contributed by atoms with Gasteiger partial charge < -0.3 is 4.98 Å². The maximum atomic E-state index is 11.9. The number of hydrogen-bond acceptors (Lipinski definition) is 2. The summed E-state index contributed by atoms with van der Waals surface area (Å²) in [5, 5.41) is 0. The maximum Gasteiger partial charge on any atom is 0.252 e. The van der Waals surface area contributed by atoms with Gasteiger partial charge in [-0.1, -0.05) is 26.3 Å². The van der Waals surface area contributed by atoms with E-state index in [9.17, 15) is 4.79 Å². The molecule has 0 aromatic carbocycles. The number of rotatable bonds is 3. The SMILES string of the molecule is CC(C)CN1CCCC[C@@H]1c1ccc[nH]c1=O. The van der Waals surface area contributed by atoms with Crippen molar-refractivity contribution in [2.24, 2.45) is 5.92 Å². The van der Waals surface area contributed by atoms with Crippen LogP contribution in [-0.2, 0) is 0 Å². The van der Waals surface area contributed by atoms with Crippen LogP contribution in [0.2, 0.25) is 0 Å². The Morgan fingerprint density at radius 1 is 1.47 bits per heavy atom. The molecular formula is C14H22N2O. The molecule has 0 unspecified atom stereocenters. The van der Waals surface area contributed by atoms with Crippen LogP contribution in [0.25, 0.3) is 0 Å². The van der Waals surface area contributed by atoms with Crippen LogP contribution >= 0.6 is 0 Å². The van der Waals surface area contributed by atoms with Gasteiger partial charge in [-0.15, -0.1) is 0 Å². The molecule has 2 rings (SSSR count). The zero-order valence-electron chi connectivity index (χ0n) is 10.8. The summed E-state index contributed by atoms with van der Waals surface area (Å²) < 4.78 is 0. The third-order valence-electron chi connectivity index (χ3n) is 3.42. The van der Waals surface area contributed by atoms with Crippen LogP contribution in [0.4, 0.5) is 0 Å². The van der Waals surface area contributed by atoms with Gasteiger partial charge in [0.25, 0.3) is 5.56 Å². The largest absolute Gasteiger partial charge is 0.329 e. The van der Waals surface area contributed by atoms with Gasteiger partial charge in [0.15, 0.2) is 0 Å². The van der Waals surface area contributed by atoms with E-state index in [-0.39, 0.29) is 5.56 Å². The van der Waals surface area contributed by atoms with E-state index < -0.39 is 0 Å². The molecule has 1 N–H and O–H groups in total. The third-order valence-corrected chi connectivity index (χ3v) is 3.42. The molecule has 1 aliphatic heterocycles. The van der Waals surface area contributed by atoms with Crippen LogP contribution in [-0.4, -0.2) is 23.0 Å². The quantitative estimate of drug-likeness (QED) is 0.872. The minimum atomic E-state index is 0.0770. The molecule has 0 saturated carbocycles. The Kier molecular flexibility index (Phi) is 4.00. The van der Waals surface area contributed by atoms with Gasteiger partial charge in [-0.25, -0.2) is 0 Å². The van der Waals surface area contributed by atoms with Crippen molar-refractivity contribution in [2.45, 2.75) is 39.2 Å². The molecule has 0 spiro atoms. The number of aromatic nitrogens is 1. The van der Waals surface area contributed by atoms with Crippen molar-refractivity contribution in [3.63, 3.8) is 0 Å². The van der Waals surface area contributed by atoms with E-state index in [1.165, 1.54) is 12.8 Å². The monoisotopic (exact) mass is 234 g/mol. The fraction of sp³-hybridized carbons (Fsp3) is 0.643. The Morgan fingerprint density at radius 3 is 3.00 bits per heavy atom. The van der Waals surface area contributed by atoms with Gasteiger partial charge in [0.1, 0.15) is 0 Å². The zero-order chi connectivity index (χ0) is 12.3. The van der Waals surface area contributed by atoms with Crippen molar-refractivity contribution >= 4 is 0 Å². The molecule has 0 radical (unpaired) electrons. The second-order valence-corrected chi connectivity index (χ2v) is 5.35. The molecule has 1 aliphatic rings. The third kappa shape index (κ3) is 2.97. The van der Waals surface area contributed by atoms with Gasteiger partial charge in [-0.3, -0.25) is 9.69 Å². The van der Waals surface area contributed by atoms with Gasteiger partial charge in [-0.05, 0) is 31.4 Å². The van der Waals surface area contributed by atoms with Crippen LogP contribution in [0.1, 0.15) is 44.7 Å². The van der Waals surface area contributed by atoms with E-state index in [0.29, 0.717) is 12.0 Å². The molecule has 94 valence electrons. The van der Waals surface area contributed by atoms with Gasteiger partial charge in [0, 0.05) is 24.3 Å². The highest BCUT2D eigenvalue weighted by atomic mass is 16.1. The minimum Gasteiger partial charge on any atom is -0.329 e. The van der Waals surface area contributed by atoms with Crippen LogP contribution in [0.5, 0.6) is 0 Å².